The summed E-state index contributed by atoms with van der Waals surface area (Å²) < 4.78 is 8.01. The van der Waals surface area contributed by atoms with Gasteiger partial charge >= 0.3 is 0 Å². The summed E-state index contributed by atoms with van der Waals surface area (Å²) in [4.78, 5) is 0. The molecule has 1 aromatic heterocycles. The molecule has 0 aliphatic rings. The SMILES string of the molecule is COc1c(C)c(C)cc(C)c1-c1c(Br)c(C#N)nn1C. The van der Waals surface area contributed by atoms with E-state index in [0.29, 0.717) is 10.2 Å². The fourth-order valence-electron chi connectivity index (χ4n) is 2.44. The van der Waals surface area contributed by atoms with Crippen LogP contribution in [0.15, 0.2) is 10.5 Å². The first kappa shape index (κ1) is 14.6. The van der Waals surface area contributed by atoms with E-state index in [9.17, 15) is 0 Å². The van der Waals surface area contributed by atoms with E-state index in [1.807, 2.05) is 20.9 Å². The molecular formula is C15H16BrN3O. The van der Waals surface area contributed by atoms with E-state index in [2.05, 4.69) is 40.1 Å². The van der Waals surface area contributed by atoms with E-state index in [-0.39, 0.29) is 0 Å². The van der Waals surface area contributed by atoms with Crippen LogP contribution in [0, 0.1) is 32.1 Å². The number of nitrogens with zero attached hydrogens (tertiary/aromatic N) is 3. The molecule has 20 heavy (non-hydrogen) atoms. The van der Waals surface area contributed by atoms with Gasteiger partial charge in [-0.15, -0.1) is 0 Å². The zero-order chi connectivity index (χ0) is 15.0. The number of aryl methyl sites for hydroxylation is 3. The molecule has 1 aromatic carbocycles. The van der Waals surface area contributed by atoms with Crippen LogP contribution in [-0.2, 0) is 7.05 Å². The van der Waals surface area contributed by atoms with Crippen molar-refractivity contribution in [1.29, 1.82) is 5.26 Å². The number of nitriles is 1. The van der Waals surface area contributed by atoms with Crippen molar-refractivity contribution in [2.75, 3.05) is 7.11 Å². The fourth-order valence-corrected chi connectivity index (χ4v) is 3.06. The first-order valence-electron chi connectivity index (χ1n) is 6.20. The van der Waals surface area contributed by atoms with Crippen molar-refractivity contribution >= 4 is 15.9 Å². The van der Waals surface area contributed by atoms with Crippen LogP contribution >= 0.6 is 15.9 Å². The predicted molar refractivity (Wildman–Crippen MR) is 81.8 cm³/mol. The van der Waals surface area contributed by atoms with Crippen LogP contribution in [0.25, 0.3) is 11.3 Å². The molecule has 0 saturated heterocycles. The van der Waals surface area contributed by atoms with Crippen LogP contribution < -0.4 is 4.74 Å². The minimum atomic E-state index is 0.377. The normalized spacial score (nSPS) is 10.4. The molecule has 0 aliphatic carbocycles. The molecule has 2 rings (SSSR count). The summed E-state index contributed by atoms with van der Waals surface area (Å²) in [6.07, 6.45) is 0. The number of benzene rings is 1. The zero-order valence-corrected chi connectivity index (χ0v) is 13.8. The molecule has 0 atom stereocenters. The molecule has 0 amide bonds. The highest BCUT2D eigenvalue weighted by molar-refractivity contribution is 9.10. The number of hydrogen-bond acceptors (Lipinski definition) is 3. The second kappa shape index (κ2) is 5.29. The smallest absolute Gasteiger partial charge is 0.177 e. The lowest BCUT2D eigenvalue weighted by molar-refractivity contribution is 0.412. The van der Waals surface area contributed by atoms with Gasteiger partial charge in [0.1, 0.15) is 11.8 Å². The van der Waals surface area contributed by atoms with Gasteiger partial charge in [0.15, 0.2) is 5.69 Å². The Morgan fingerprint density at radius 1 is 1.30 bits per heavy atom. The van der Waals surface area contributed by atoms with Crippen molar-refractivity contribution in [2.45, 2.75) is 20.8 Å². The molecule has 5 heteroatoms. The largest absolute Gasteiger partial charge is 0.496 e. The fraction of sp³-hybridized carbons (Fsp3) is 0.333. The lowest BCUT2D eigenvalue weighted by Crippen LogP contribution is -2.01. The summed E-state index contributed by atoms with van der Waals surface area (Å²) in [5, 5.41) is 13.3. The molecule has 0 N–H and O–H groups in total. The first-order valence-corrected chi connectivity index (χ1v) is 6.99. The summed E-state index contributed by atoms with van der Waals surface area (Å²) in [5.41, 5.74) is 5.58. The van der Waals surface area contributed by atoms with Crippen molar-refractivity contribution in [3.63, 3.8) is 0 Å². The topological polar surface area (TPSA) is 50.8 Å². The maximum Gasteiger partial charge on any atom is 0.177 e. The molecule has 0 fully saturated rings. The molecule has 0 unspecified atom stereocenters. The number of methoxy groups -OCH3 is 1. The lowest BCUT2D eigenvalue weighted by atomic mass is 9.96. The van der Waals surface area contributed by atoms with Crippen molar-refractivity contribution < 1.29 is 4.74 Å². The van der Waals surface area contributed by atoms with Crippen LogP contribution in [0.4, 0.5) is 0 Å². The summed E-state index contributed by atoms with van der Waals surface area (Å²) in [7, 11) is 3.50. The number of aromatic nitrogens is 2. The quantitative estimate of drug-likeness (QED) is 0.842. The summed E-state index contributed by atoms with van der Waals surface area (Å²) >= 11 is 3.48. The van der Waals surface area contributed by atoms with Gasteiger partial charge in [0, 0.05) is 12.6 Å². The van der Waals surface area contributed by atoms with Gasteiger partial charge in [-0.05, 0) is 53.4 Å². The Kier molecular flexibility index (Phi) is 3.87. The van der Waals surface area contributed by atoms with Crippen LogP contribution in [0.2, 0.25) is 0 Å². The minimum absolute atomic E-state index is 0.377. The minimum Gasteiger partial charge on any atom is -0.496 e. The molecule has 2 aromatic rings. The van der Waals surface area contributed by atoms with Gasteiger partial charge in [-0.2, -0.15) is 10.4 Å². The summed E-state index contributed by atoms with van der Waals surface area (Å²) in [5.74, 6) is 0.829. The highest BCUT2D eigenvalue weighted by atomic mass is 79.9. The van der Waals surface area contributed by atoms with E-state index >= 15 is 0 Å². The molecular weight excluding hydrogens is 318 g/mol. The van der Waals surface area contributed by atoms with Crippen LogP contribution in [0.1, 0.15) is 22.4 Å². The average Bonchev–Trinajstić information content (AvgIpc) is 2.69. The number of halogens is 1. The third kappa shape index (κ3) is 2.10. The highest BCUT2D eigenvalue weighted by Gasteiger charge is 2.22. The van der Waals surface area contributed by atoms with E-state index in [1.165, 1.54) is 5.56 Å². The van der Waals surface area contributed by atoms with E-state index in [1.54, 1.807) is 11.8 Å². The monoisotopic (exact) mass is 333 g/mol. The van der Waals surface area contributed by atoms with Crippen LogP contribution in [-0.4, -0.2) is 16.9 Å². The average molecular weight is 334 g/mol. The van der Waals surface area contributed by atoms with Gasteiger partial charge < -0.3 is 4.74 Å². The molecule has 4 nitrogen and oxygen atoms in total. The number of hydrogen-bond donors (Lipinski definition) is 0. The molecule has 0 radical (unpaired) electrons. The molecule has 1 heterocycles. The van der Waals surface area contributed by atoms with Gasteiger partial charge in [-0.25, -0.2) is 0 Å². The van der Waals surface area contributed by atoms with Gasteiger partial charge in [0.25, 0.3) is 0 Å². The van der Waals surface area contributed by atoms with Crippen molar-refractivity contribution in [3.8, 4) is 23.1 Å². The Morgan fingerprint density at radius 2 is 1.95 bits per heavy atom. The van der Waals surface area contributed by atoms with Gasteiger partial charge in [-0.3, -0.25) is 4.68 Å². The number of ether oxygens (including phenoxy) is 1. The first-order chi connectivity index (χ1) is 9.42. The summed E-state index contributed by atoms with van der Waals surface area (Å²) in [6.45, 7) is 6.13. The third-order valence-electron chi connectivity index (χ3n) is 3.52. The molecule has 0 saturated carbocycles. The van der Waals surface area contributed by atoms with E-state index < -0.39 is 0 Å². The summed E-state index contributed by atoms with van der Waals surface area (Å²) in [6, 6.07) is 4.21. The van der Waals surface area contributed by atoms with Crippen molar-refractivity contribution in [2.24, 2.45) is 7.05 Å². The Morgan fingerprint density at radius 3 is 2.45 bits per heavy atom. The van der Waals surface area contributed by atoms with Crippen molar-refractivity contribution in [3.05, 3.63) is 32.9 Å². The van der Waals surface area contributed by atoms with E-state index in [4.69, 9.17) is 10.00 Å². The Labute approximate surface area is 127 Å². The van der Waals surface area contributed by atoms with Gasteiger partial charge in [0.2, 0.25) is 0 Å². The molecule has 0 bridgehead atoms. The third-order valence-corrected chi connectivity index (χ3v) is 4.27. The lowest BCUT2D eigenvalue weighted by Gasteiger charge is -2.17. The van der Waals surface area contributed by atoms with Gasteiger partial charge in [-0.1, -0.05) is 6.07 Å². The van der Waals surface area contributed by atoms with Crippen LogP contribution in [0.3, 0.4) is 0 Å². The van der Waals surface area contributed by atoms with Crippen molar-refractivity contribution in [1.82, 2.24) is 9.78 Å². The van der Waals surface area contributed by atoms with E-state index in [0.717, 1.165) is 28.1 Å². The predicted octanol–water partition coefficient (Wildman–Crippen LogP) is 3.66. The zero-order valence-electron chi connectivity index (χ0n) is 12.2. The Bertz CT molecular complexity index is 726. The second-order valence-corrected chi connectivity index (χ2v) is 5.58. The maximum atomic E-state index is 9.11. The molecule has 0 aliphatic heterocycles. The van der Waals surface area contributed by atoms with Crippen LogP contribution in [0.5, 0.6) is 5.75 Å². The Balaban J connectivity index is 2.87. The second-order valence-electron chi connectivity index (χ2n) is 4.79. The highest BCUT2D eigenvalue weighted by Crippen LogP contribution is 2.41. The van der Waals surface area contributed by atoms with Gasteiger partial charge in [0.05, 0.1) is 17.3 Å². The maximum absolute atomic E-state index is 9.11. The Hall–Kier alpha value is -1.80. The molecule has 0 spiro atoms. The molecule has 104 valence electrons. The number of rotatable bonds is 2. The standard InChI is InChI=1S/C15H16BrN3O/c1-8-6-9(2)12(15(20-5)10(8)3)14-13(16)11(7-17)18-19(14)4/h6H,1-5H3.